The van der Waals surface area contributed by atoms with E-state index >= 15 is 0 Å². The number of hydrogen-bond acceptors (Lipinski definition) is 3. The average molecular weight is 264 g/mol. The molecule has 0 saturated carbocycles. The van der Waals surface area contributed by atoms with Gasteiger partial charge in [0.2, 0.25) is 0 Å². The molecule has 0 aromatic heterocycles. The van der Waals surface area contributed by atoms with Crippen LogP contribution in [0, 0.1) is 18.7 Å². The number of halogens is 1. The van der Waals surface area contributed by atoms with Gasteiger partial charge < -0.3 is 10.1 Å². The molecule has 1 aliphatic heterocycles. The number of hydrogen-bond donors (Lipinski definition) is 1. The molecule has 2 rings (SSSR count). The monoisotopic (exact) mass is 264 g/mol. The van der Waals surface area contributed by atoms with E-state index in [-0.39, 0.29) is 17.6 Å². The molecule has 1 N–H and O–H groups in total. The fourth-order valence-corrected chi connectivity index (χ4v) is 2.32. The van der Waals surface area contributed by atoms with Gasteiger partial charge in [0.1, 0.15) is 5.82 Å². The van der Waals surface area contributed by atoms with Gasteiger partial charge in [-0.1, -0.05) is 12.1 Å². The first-order valence-electron chi connectivity index (χ1n) is 6.29. The number of oxime groups is 1. The summed E-state index contributed by atoms with van der Waals surface area (Å²) in [5, 5.41) is 12.1. The number of aryl methyl sites for hydroxylation is 1. The molecule has 0 spiro atoms. The van der Waals surface area contributed by atoms with Gasteiger partial charge in [0, 0.05) is 31.0 Å². The summed E-state index contributed by atoms with van der Waals surface area (Å²) < 4.78 is 13.2. The zero-order valence-corrected chi connectivity index (χ0v) is 11.1. The summed E-state index contributed by atoms with van der Waals surface area (Å²) in [5.74, 6) is -0.366. The fourth-order valence-electron chi connectivity index (χ4n) is 2.32. The van der Waals surface area contributed by atoms with E-state index in [1.807, 2.05) is 6.92 Å². The molecule has 0 aliphatic carbocycles. The molecule has 0 radical (unpaired) electrons. The summed E-state index contributed by atoms with van der Waals surface area (Å²) in [6.45, 7) is 4.61. The van der Waals surface area contributed by atoms with E-state index in [0.29, 0.717) is 30.6 Å². The van der Waals surface area contributed by atoms with Gasteiger partial charge in [0.15, 0.2) is 0 Å². The average Bonchev–Trinajstić information content (AvgIpc) is 2.41. The Morgan fingerprint density at radius 3 is 2.84 bits per heavy atom. The van der Waals surface area contributed by atoms with Crippen molar-refractivity contribution in [1.82, 2.24) is 4.90 Å². The second-order valence-corrected chi connectivity index (χ2v) is 4.96. The van der Waals surface area contributed by atoms with Crippen LogP contribution in [0.25, 0.3) is 0 Å². The number of benzene rings is 1. The van der Waals surface area contributed by atoms with Gasteiger partial charge in [0.05, 0.1) is 5.71 Å². The number of carbonyl (C=O) groups excluding carboxylic acids is 1. The van der Waals surface area contributed by atoms with E-state index in [1.54, 1.807) is 17.9 Å². The fraction of sp³-hybridized carbons (Fsp3) is 0.429. The third kappa shape index (κ3) is 2.75. The Morgan fingerprint density at radius 1 is 1.53 bits per heavy atom. The number of piperidine rings is 1. The molecule has 1 aromatic rings. The van der Waals surface area contributed by atoms with E-state index < -0.39 is 0 Å². The maximum absolute atomic E-state index is 13.2. The smallest absolute Gasteiger partial charge is 0.253 e. The summed E-state index contributed by atoms with van der Waals surface area (Å²) in [5.41, 5.74) is 1.68. The quantitative estimate of drug-likeness (QED) is 0.625. The first-order valence-corrected chi connectivity index (χ1v) is 6.29. The van der Waals surface area contributed by atoms with Crippen LogP contribution in [-0.4, -0.2) is 34.8 Å². The summed E-state index contributed by atoms with van der Waals surface area (Å²) in [7, 11) is 0. The molecule has 1 aliphatic rings. The van der Waals surface area contributed by atoms with Crippen molar-refractivity contribution in [1.29, 1.82) is 0 Å². The Bertz CT molecular complexity index is 528. The zero-order chi connectivity index (χ0) is 14.0. The molecular weight excluding hydrogens is 247 g/mol. The van der Waals surface area contributed by atoms with Crippen molar-refractivity contribution >= 4 is 11.6 Å². The molecule has 19 heavy (non-hydrogen) atoms. The molecule has 5 heteroatoms. The highest BCUT2D eigenvalue weighted by Crippen LogP contribution is 2.18. The van der Waals surface area contributed by atoms with Crippen molar-refractivity contribution in [3.8, 4) is 0 Å². The zero-order valence-electron chi connectivity index (χ0n) is 11.1. The second-order valence-electron chi connectivity index (χ2n) is 4.96. The summed E-state index contributed by atoms with van der Waals surface area (Å²) in [6.07, 6.45) is 0.573. The Hall–Kier alpha value is -1.91. The van der Waals surface area contributed by atoms with E-state index in [0.717, 1.165) is 5.71 Å². The number of rotatable bonds is 1. The minimum absolute atomic E-state index is 0.0456. The number of amides is 1. The SMILES string of the molecule is Cc1cc(C(=O)N2CC/C(=N\O)C(C)C2)ccc1F. The molecular formula is C14H17FN2O2. The van der Waals surface area contributed by atoms with Gasteiger partial charge in [0.25, 0.3) is 5.91 Å². The predicted molar refractivity (Wildman–Crippen MR) is 70.0 cm³/mol. The first-order chi connectivity index (χ1) is 9.02. The van der Waals surface area contributed by atoms with Crippen molar-refractivity contribution in [2.45, 2.75) is 20.3 Å². The van der Waals surface area contributed by atoms with Crippen LogP contribution in [0.3, 0.4) is 0 Å². The number of likely N-dealkylation sites (tertiary alicyclic amines) is 1. The third-order valence-electron chi connectivity index (χ3n) is 3.52. The minimum Gasteiger partial charge on any atom is -0.411 e. The normalized spacial score (nSPS) is 21.7. The lowest BCUT2D eigenvalue weighted by atomic mass is 9.97. The van der Waals surface area contributed by atoms with Crippen LogP contribution in [0.2, 0.25) is 0 Å². The van der Waals surface area contributed by atoms with E-state index in [1.165, 1.54) is 12.1 Å². The van der Waals surface area contributed by atoms with E-state index in [4.69, 9.17) is 5.21 Å². The van der Waals surface area contributed by atoms with Crippen molar-refractivity contribution < 1.29 is 14.4 Å². The van der Waals surface area contributed by atoms with Gasteiger partial charge >= 0.3 is 0 Å². The van der Waals surface area contributed by atoms with E-state index in [9.17, 15) is 9.18 Å². The summed E-state index contributed by atoms with van der Waals surface area (Å²) in [4.78, 5) is 14.0. The van der Waals surface area contributed by atoms with Crippen molar-refractivity contribution in [2.75, 3.05) is 13.1 Å². The molecule has 102 valence electrons. The molecule has 1 saturated heterocycles. The first kappa shape index (κ1) is 13.5. The van der Waals surface area contributed by atoms with E-state index in [2.05, 4.69) is 5.16 Å². The lowest BCUT2D eigenvalue weighted by Crippen LogP contribution is -2.43. The van der Waals surface area contributed by atoms with Gasteiger partial charge in [-0.3, -0.25) is 4.79 Å². The maximum Gasteiger partial charge on any atom is 0.253 e. The van der Waals surface area contributed by atoms with Crippen molar-refractivity contribution in [2.24, 2.45) is 11.1 Å². The maximum atomic E-state index is 13.2. The van der Waals surface area contributed by atoms with Crippen LogP contribution >= 0.6 is 0 Å². The van der Waals surface area contributed by atoms with Gasteiger partial charge in [-0.2, -0.15) is 0 Å². The van der Waals surface area contributed by atoms with Gasteiger partial charge in [-0.15, -0.1) is 0 Å². The minimum atomic E-state index is -0.307. The highest BCUT2D eigenvalue weighted by atomic mass is 19.1. The lowest BCUT2D eigenvalue weighted by molar-refractivity contribution is 0.0734. The topological polar surface area (TPSA) is 52.9 Å². The molecule has 1 unspecified atom stereocenters. The Balaban J connectivity index is 2.14. The van der Waals surface area contributed by atoms with Gasteiger partial charge in [-0.05, 0) is 30.7 Å². The third-order valence-corrected chi connectivity index (χ3v) is 3.52. The van der Waals surface area contributed by atoms with Crippen LogP contribution in [-0.2, 0) is 0 Å². The molecule has 1 atom stereocenters. The summed E-state index contributed by atoms with van der Waals surface area (Å²) in [6, 6.07) is 4.39. The Kier molecular flexibility index (Phi) is 3.83. The van der Waals surface area contributed by atoms with Crippen LogP contribution < -0.4 is 0 Å². The molecule has 1 amide bonds. The van der Waals surface area contributed by atoms with Crippen molar-refractivity contribution in [3.05, 3.63) is 35.1 Å². The predicted octanol–water partition coefficient (Wildman–Crippen LogP) is 2.45. The second kappa shape index (κ2) is 5.38. The molecule has 1 heterocycles. The Morgan fingerprint density at radius 2 is 2.26 bits per heavy atom. The lowest BCUT2D eigenvalue weighted by Gasteiger charge is -2.31. The van der Waals surface area contributed by atoms with Gasteiger partial charge in [-0.25, -0.2) is 4.39 Å². The van der Waals surface area contributed by atoms with Crippen LogP contribution in [0.5, 0.6) is 0 Å². The standard InChI is InChI=1S/C14H17FN2O2/c1-9-7-11(3-4-12(9)15)14(18)17-6-5-13(16-19)10(2)8-17/h3-4,7,10,19H,5-6,8H2,1-2H3/b16-13+. The van der Waals surface area contributed by atoms with Crippen LogP contribution in [0.15, 0.2) is 23.4 Å². The molecule has 1 aromatic carbocycles. The number of nitrogens with zero attached hydrogens (tertiary/aromatic N) is 2. The molecule has 0 bridgehead atoms. The molecule has 1 fully saturated rings. The molecule has 4 nitrogen and oxygen atoms in total. The number of carbonyl (C=O) groups is 1. The van der Waals surface area contributed by atoms with Crippen molar-refractivity contribution in [3.63, 3.8) is 0 Å². The largest absolute Gasteiger partial charge is 0.411 e. The summed E-state index contributed by atoms with van der Waals surface area (Å²) >= 11 is 0. The van der Waals surface area contributed by atoms with Crippen LogP contribution in [0.4, 0.5) is 4.39 Å². The van der Waals surface area contributed by atoms with Crippen LogP contribution in [0.1, 0.15) is 29.3 Å². The highest BCUT2D eigenvalue weighted by Gasteiger charge is 2.26. The Labute approximate surface area is 111 Å². The highest BCUT2D eigenvalue weighted by molar-refractivity contribution is 5.96.